The van der Waals surface area contributed by atoms with Crippen LogP contribution in [0.2, 0.25) is 0 Å². The number of nitrogens with zero attached hydrogens (tertiary/aromatic N) is 2. The SMILES string of the molecule is O=C([O-])CCSc1nnc(-c2ccccc2F)o1. The van der Waals surface area contributed by atoms with Crippen molar-refractivity contribution in [3.05, 3.63) is 30.1 Å². The van der Waals surface area contributed by atoms with Crippen molar-refractivity contribution >= 4 is 17.7 Å². The second kappa shape index (κ2) is 5.63. The molecular formula is C11H8FN2O3S-. The predicted octanol–water partition coefficient (Wildman–Crippen LogP) is 1.11. The van der Waals surface area contributed by atoms with Gasteiger partial charge in [-0.3, -0.25) is 0 Å². The van der Waals surface area contributed by atoms with Gasteiger partial charge in [-0.2, -0.15) is 0 Å². The van der Waals surface area contributed by atoms with Gasteiger partial charge in [0, 0.05) is 11.7 Å². The number of rotatable bonds is 5. The molecule has 0 N–H and O–H groups in total. The van der Waals surface area contributed by atoms with Crippen molar-refractivity contribution in [3.8, 4) is 11.5 Å². The minimum atomic E-state index is -1.14. The maximum atomic E-state index is 13.4. The molecule has 2 aromatic rings. The van der Waals surface area contributed by atoms with Crippen LogP contribution in [-0.4, -0.2) is 21.9 Å². The quantitative estimate of drug-likeness (QED) is 0.755. The van der Waals surface area contributed by atoms with E-state index in [1.54, 1.807) is 12.1 Å². The van der Waals surface area contributed by atoms with E-state index in [9.17, 15) is 14.3 Å². The molecule has 0 saturated carbocycles. The first-order chi connectivity index (χ1) is 8.66. The molecule has 0 spiro atoms. The molecule has 18 heavy (non-hydrogen) atoms. The molecule has 0 unspecified atom stereocenters. The van der Waals surface area contributed by atoms with Gasteiger partial charge in [0.2, 0.25) is 0 Å². The highest BCUT2D eigenvalue weighted by Gasteiger charge is 2.12. The number of hydrogen-bond donors (Lipinski definition) is 0. The largest absolute Gasteiger partial charge is 0.550 e. The third kappa shape index (κ3) is 3.07. The number of hydrogen-bond acceptors (Lipinski definition) is 6. The zero-order valence-corrected chi connectivity index (χ0v) is 9.95. The van der Waals surface area contributed by atoms with Crippen molar-refractivity contribution < 1.29 is 18.7 Å². The maximum absolute atomic E-state index is 13.4. The average Bonchev–Trinajstić information content (AvgIpc) is 2.78. The van der Waals surface area contributed by atoms with E-state index in [2.05, 4.69) is 10.2 Å². The zero-order valence-electron chi connectivity index (χ0n) is 9.13. The van der Waals surface area contributed by atoms with E-state index in [4.69, 9.17) is 4.42 Å². The second-order valence-electron chi connectivity index (χ2n) is 3.32. The first-order valence-corrected chi connectivity index (χ1v) is 6.06. The summed E-state index contributed by atoms with van der Waals surface area (Å²) >= 11 is 1.09. The molecular weight excluding hydrogens is 259 g/mol. The highest BCUT2D eigenvalue weighted by atomic mass is 32.2. The third-order valence-corrected chi connectivity index (χ3v) is 2.86. The second-order valence-corrected chi connectivity index (χ2v) is 4.37. The maximum Gasteiger partial charge on any atom is 0.276 e. The predicted molar refractivity (Wildman–Crippen MR) is 60.0 cm³/mol. The summed E-state index contributed by atoms with van der Waals surface area (Å²) in [5.41, 5.74) is 0.219. The van der Waals surface area contributed by atoms with Crippen molar-refractivity contribution in [1.29, 1.82) is 0 Å². The van der Waals surface area contributed by atoms with Crippen molar-refractivity contribution in [2.24, 2.45) is 0 Å². The van der Waals surface area contributed by atoms with E-state index in [1.807, 2.05) is 0 Å². The van der Waals surface area contributed by atoms with Crippen molar-refractivity contribution in [1.82, 2.24) is 10.2 Å². The summed E-state index contributed by atoms with van der Waals surface area (Å²) in [6.07, 6.45) is -0.109. The van der Waals surface area contributed by atoms with Gasteiger partial charge in [-0.05, 0) is 18.6 Å². The van der Waals surface area contributed by atoms with Crippen molar-refractivity contribution in [2.45, 2.75) is 11.6 Å². The van der Waals surface area contributed by atoms with E-state index in [-0.39, 0.29) is 28.9 Å². The Morgan fingerprint density at radius 2 is 2.17 bits per heavy atom. The first-order valence-electron chi connectivity index (χ1n) is 5.08. The van der Waals surface area contributed by atoms with Gasteiger partial charge in [0.25, 0.3) is 11.1 Å². The summed E-state index contributed by atoms with van der Waals surface area (Å²) in [7, 11) is 0. The number of benzene rings is 1. The number of thioether (sulfide) groups is 1. The Hall–Kier alpha value is -1.89. The summed E-state index contributed by atoms with van der Waals surface area (Å²) in [5, 5.41) is 17.8. The van der Waals surface area contributed by atoms with Gasteiger partial charge in [0.1, 0.15) is 5.82 Å². The Morgan fingerprint density at radius 1 is 1.39 bits per heavy atom. The van der Waals surface area contributed by atoms with Gasteiger partial charge in [-0.25, -0.2) is 4.39 Å². The van der Waals surface area contributed by atoms with Crippen LogP contribution in [0, 0.1) is 5.82 Å². The molecule has 0 amide bonds. The first kappa shape index (κ1) is 12.6. The smallest absolute Gasteiger partial charge is 0.276 e. The molecule has 0 aliphatic heterocycles. The van der Waals surface area contributed by atoms with E-state index >= 15 is 0 Å². The minimum Gasteiger partial charge on any atom is -0.550 e. The summed E-state index contributed by atoms with van der Waals surface area (Å²) < 4.78 is 18.6. The lowest BCUT2D eigenvalue weighted by Crippen LogP contribution is -2.22. The molecule has 0 aliphatic rings. The van der Waals surface area contributed by atoms with Crippen LogP contribution < -0.4 is 5.11 Å². The lowest BCUT2D eigenvalue weighted by Gasteiger charge is -1.98. The van der Waals surface area contributed by atoms with Crippen LogP contribution in [0.15, 0.2) is 33.9 Å². The molecule has 7 heteroatoms. The Kier molecular flexibility index (Phi) is 3.93. The molecule has 1 heterocycles. The number of carbonyl (C=O) groups is 1. The fourth-order valence-electron chi connectivity index (χ4n) is 1.23. The topological polar surface area (TPSA) is 79.0 Å². The molecule has 0 saturated heterocycles. The third-order valence-electron chi connectivity index (χ3n) is 2.04. The van der Waals surface area contributed by atoms with Crippen molar-refractivity contribution in [3.63, 3.8) is 0 Å². The lowest BCUT2D eigenvalue weighted by atomic mass is 10.2. The average molecular weight is 267 g/mol. The van der Waals surface area contributed by atoms with Gasteiger partial charge in [0.15, 0.2) is 0 Å². The molecule has 94 valence electrons. The standard InChI is InChI=1S/C11H9FN2O3S/c12-8-4-2-1-3-7(8)10-13-14-11(17-10)18-6-5-9(15)16/h1-4H,5-6H2,(H,15,16)/p-1. The van der Waals surface area contributed by atoms with Crippen LogP contribution in [-0.2, 0) is 4.79 Å². The Balaban J connectivity index is 2.06. The molecule has 0 bridgehead atoms. The number of aromatic nitrogens is 2. The molecule has 5 nitrogen and oxygen atoms in total. The van der Waals surface area contributed by atoms with Crippen LogP contribution in [0.3, 0.4) is 0 Å². The monoisotopic (exact) mass is 267 g/mol. The van der Waals surface area contributed by atoms with Gasteiger partial charge in [-0.15, -0.1) is 10.2 Å². The molecule has 1 aromatic carbocycles. The van der Waals surface area contributed by atoms with E-state index < -0.39 is 11.8 Å². The summed E-state index contributed by atoms with van der Waals surface area (Å²) in [6.45, 7) is 0. The normalized spacial score (nSPS) is 10.5. The van der Waals surface area contributed by atoms with Gasteiger partial charge in [-0.1, -0.05) is 23.9 Å². The van der Waals surface area contributed by atoms with Crippen molar-refractivity contribution in [2.75, 3.05) is 5.75 Å². The zero-order chi connectivity index (χ0) is 13.0. The van der Waals surface area contributed by atoms with Gasteiger partial charge in [0.05, 0.1) is 5.56 Å². The highest BCUT2D eigenvalue weighted by molar-refractivity contribution is 7.99. The Labute approximate surface area is 106 Å². The van der Waals surface area contributed by atoms with Crippen LogP contribution in [0.25, 0.3) is 11.5 Å². The molecule has 2 rings (SSSR count). The number of carboxylic acid groups (broad SMARTS) is 1. The van der Waals surface area contributed by atoms with Crippen LogP contribution in [0.5, 0.6) is 0 Å². The van der Waals surface area contributed by atoms with E-state index in [0.29, 0.717) is 0 Å². The summed E-state index contributed by atoms with van der Waals surface area (Å²) in [4.78, 5) is 10.2. The number of carbonyl (C=O) groups excluding carboxylic acids is 1. The van der Waals surface area contributed by atoms with Crippen LogP contribution >= 0.6 is 11.8 Å². The van der Waals surface area contributed by atoms with Gasteiger partial charge >= 0.3 is 0 Å². The molecule has 0 aliphatic carbocycles. The van der Waals surface area contributed by atoms with Crippen LogP contribution in [0.4, 0.5) is 4.39 Å². The molecule has 1 aromatic heterocycles. The van der Waals surface area contributed by atoms with Crippen LogP contribution in [0.1, 0.15) is 6.42 Å². The van der Waals surface area contributed by atoms with E-state index in [1.165, 1.54) is 12.1 Å². The van der Waals surface area contributed by atoms with Gasteiger partial charge < -0.3 is 14.3 Å². The Bertz CT molecular complexity index is 559. The number of carboxylic acids is 1. The fraction of sp³-hybridized carbons (Fsp3) is 0.182. The minimum absolute atomic E-state index is 0.0732. The lowest BCUT2D eigenvalue weighted by molar-refractivity contribution is -0.305. The molecule has 0 atom stereocenters. The fourth-order valence-corrected chi connectivity index (χ4v) is 1.91. The summed E-state index contributed by atoms with van der Waals surface area (Å²) in [6, 6.07) is 6.04. The Morgan fingerprint density at radius 3 is 2.89 bits per heavy atom. The summed E-state index contributed by atoms with van der Waals surface area (Å²) in [5.74, 6) is -1.26. The molecule has 0 radical (unpaired) electrons. The van der Waals surface area contributed by atoms with E-state index in [0.717, 1.165) is 11.8 Å². The number of aliphatic carboxylic acids is 1. The highest BCUT2D eigenvalue weighted by Crippen LogP contribution is 2.25. The number of halogens is 1. The molecule has 0 fully saturated rings.